The number of nitriles is 1. The number of hydrogen-bond acceptors (Lipinski definition) is 6. The van der Waals surface area contributed by atoms with Gasteiger partial charge < -0.3 is 14.8 Å². The normalized spacial score (nSPS) is 11.4. The number of benzene rings is 1. The lowest BCUT2D eigenvalue weighted by atomic mass is 10.1. The Bertz CT molecular complexity index is 862. The Hall–Kier alpha value is -2.72. The molecule has 0 fully saturated rings. The highest BCUT2D eigenvalue weighted by Crippen LogP contribution is 2.31. The summed E-state index contributed by atoms with van der Waals surface area (Å²) in [7, 11) is 3.09. The molecule has 0 bridgehead atoms. The van der Waals surface area contributed by atoms with E-state index in [0.29, 0.717) is 27.8 Å². The van der Waals surface area contributed by atoms with E-state index in [1.807, 2.05) is 19.9 Å². The standard InChI is InChI=1S/C19H21N3O3S/c1-11-8-12(2)21-19(15(11)10-20)26-13(3)18(23)22-16-9-14(24-4)6-7-17(16)25-5/h6-9,13H,1-5H3,(H,22,23). The maximum atomic E-state index is 12.6. The van der Waals surface area contributed by atoms with Crippen LogP contribution in [0.3, 0.4) is 0 Å². The van der Waals surface area contributed by atoms with Gasteiger partial charge >= 0.3 is 0 Å². The second-order valence-corrected chi connectivity index (χ2v) is 7.02. The third kappa shape index (κ3) is 4.46. The summed E-state index contributed by atoms with van der Waals surface area (Å²) in [5, 5.41) is 12.3. The van der Waals surface area contributed by atoms with Crippen molar-refractivity contribution in [1.29, 1.82) is 5.26 Å². The third-order valence-electron chi connectivity index (χ3n) is 3.75. The maximum absolute atomic E-state index is 12.6. The van der Waals surface area contributed by atoms with Crippen molar-refractivity contribution in [3.8, 4) is 17.6 Å². The van der Waals surface area contributed by atoms with Crippen LogP contribution in [0.4, 0.5) is 5.69 Å². The molecule has 2 aromatic rings. The summed E-state index contributed by atoms with van der Waals surface area (Å²) in [6.45, 7) is 5.50. The number of thioether (sulfide) groups is 1. The van der Waals surface area contributed by atoms with Gasteiger partial charge in [-0.25, -0.2) is 4.98 Å². The van der Waals surface area contributed by atoms with Crippen LogP contribution in [0.1, 0.15) is 23.7 Å². The number of amides is 1. The average molecular weight is 371 g/mol. The first-order valence-electron chi connectivity index (χ1n) is 7.97. The van der Waals surface area contributed by atoms with E-state index in [9.17, 15) is 10.1 Å². The largest absolute Gasteiger partial charge is 0.497 e. The lowest BCUT2D eigenvalue weighted by molar-refractivity contribution is -0.115. The molecule has 1 amide bonds. The van der Waals surface area contributed by atoms with Gasteiger partial charge in [0.1, 0.15) is 22.6 Å². The second kappa shape index (κ2) is 8.59. The van der Waals surface area contributed by atoms with Crippen LogP contribution in [0.25, 0.3) is 0 Å². The molecule has 0 radical (unpaired) electrons. The van der Waals surface area contributed by atoms with Crippen LogP contribution in [0, 0.1) is 25.2 Å². The van der Waals surface area contributed by atoms with Gasteiger partial charge in [-0.2, -0.15) is 5.26 Å². The van der Waals surface area contributed by atoms with E-state index >= 15 is 0 Å². The molecule has 0 saturated heterocycles. The van der Waals surface area contributed by atoms with E-state index < -0.39 is 5.25 Å². The predicted molar refractivity (Wildman–Crippen MR) is 102 cm³/mol. The Kier molecular flexibility index (Phi) is 6.47. The quantitative estimate of drug-likeness (QED) is 0.779. The van der Waals surface area contributed by atoms with E-state index in [2.05, 4.69) is 16.4 Å². The molecule has 0 saturated carbocycles. The summed E-state index contributed by atoms with van der Waals surface area (Å²) in [6, 6.07) is 9.20. The number of rotatable bonds is 6. The van der Waals surface area contributed by atoms with Gasteiger partial charge in [0.25, 0.3) is 0 Å². The molecule has 1 aromatic carbocycles. The summed E-state index contributed by atoms with van der Waals surface area (Å²) in [4.78, 5) is 17.0. The van der Waals surface area contributed by atoms with Crippen LogP contribution in [0.2, 0.25) is 0 Å². The molecule has 1 aromatic heterocycles. The van der Waals surface area contributed by atoms with E-state index in [1.54, 1.807) is 32.2 Å². The molecule has 1 unspecified atom stereocenters. The number of pyridine rings is 1. The van der Waals surface area contributed by atoms with Crippen LogP contribution >= 0.6 is 11.8 Å². The number of nitrogens with zero attached hydrogens (tertiary/aromatic N) is 2. The minimum absolute atomic E-state index is 0.216. The first kappa shape index (κ1) is 19.6. The fourth-order valence-electron chi connectivity index (χ4n) is 2.39. The first-order valence-corrected chi connectivity index (χ1v) is 8.85. The first-order chi connectivity index (χ1) is 12.4. The Morgan fingerprint density at radius 3 is 2.62 bits per heavy atom. The SMILES string of the molecule is COc1ccc(OC)c(NC(=O)C(C)Sc2nc(C)cc(C)c2C#N)c1. The van der Waals surface area contributed by atoms with Crippen molar-refractivity contribution < 1.29 is 14.3 Å². The van der Waals surface area contributed by atoms with Crippen molar-refractivity contribution in [1.82, 2.24) is 4.98 Å². The van der Waals surface area contributed by atoms with Gasteiger partial charge in [-0.3, -0.25) is 4.79 Å². The zero-order valence-electron chi connectivity index (χ0n) is 15.4. The summed E-state index contributed by atoms with van der Waals surface area (Å²) < 4.78 is 10.5. The molecule has 2 rings (SSSR count). The molecule has 0 aliphatic heterocycles. The summed E-state index contributed by atoms with van der Waals surface area (Å²) in [6.07, 6.45) is 0. The molecule has 1 N–H and O–H groups in total. The topological polar surface area (TPSA) is 84.2 Å². The fourth-order valence-corrected chi connectivity index (χ4v) is 3.41. The minimum atomic E-state index is -0.452. The van der Waals surface area contributed by atoms with E-state index in [0.717, 1.165) is 11.3 Å². The van der Waals surface area contributed by atoms with Crippen molar-refractivity contribution in [2.75, 3.05) is 19.5 Å². The van der Waals surface area contributed by atoms with Gasteiger partial charge in [0.2, 0.25) is 5.91 Å². The van der Waals surface area contributed by atoms with Crippen LogP contribution in [0.5, 0.6) is 11.5 Å². The number of carbonyl (C=O) groups is 1. The van der Waals surface area contributed by atoms with Crippen molar-refractivity contribution >= 4 is 23.4 Å². The molecule has 6 nitrogen and oxygen atoms in total. The van der Waals surface area contributed by atoms with Crippen molar-refractivity contribution in [3.05, 3.63) is 41.1 Å². The second-order valence-electron chi connectivity index (χ2n) is 5.69. The van der Waals surface area contributed by atoms with Crippen LogP contribution in [-0.4, -0.2) is 30.4 Å². The number of carbonyl (C=O) groups excluding carboxylic acids is 1. The number of aryl methyl sites for hydroxylation is 2. The minimum Gasteiger partial charge on any atom is -0.497 e. The Labute approximate surface area is 157 Å². The Morgan fingerprint density at radius 1 is 1.27 bits per heavy atom. The molecular formula is C19H21N3O3S. The van der Waals surface area contributed by atoms with E-state index in [4.69, 9.17) is 9.47 Å². The molecular weight excluding hydrogens is 350 g/mol. The average Bonchev–Trinajstić information content (AvgIpc) is 2.61. The highest BCUT2D eigenvalue weighted by atomic mass is 32.2. The summed E-state index contributed by atoms with van der Waals surface area (Å²) >= 11 is 1.26. The third-order valence-corrected chi connectivity index (χ3v) is 4.83. The maximum Gasteiger partial charge on any atom is 0.237 e. The number of methoxy groups -OCH3 is 2. The molecule has 1 heterocycles. The van der Waals surface area contributed by atoms with Crippen molar-refractivity contribution in [2.45, 2.75) is 31.0 Å². The molecule has 136 valence electrons. The highest BCUT2D eigenvalue weighted by Gasteiger charge is 2.20. The number of hydrogen-bond donors (Lipinski definition) is 1. The zero-order valence-corrected chi connectivity index (χ0v) is 16.2. The highest BCUT2D eigenvalue weighted by molar-refractivity contribution is 8.00. The number of anilines is 1. The van der Waals surface area contributed by atoms with Gasteiger partial charge in [0.15, 0.2) is 0 Å². The number of aromatic nitrogens is 1. The van der Waals surface area contributed by atoms with E-state index in [1.165, 1.54) is 18.9 Å². The van der Waals surface area contributed by atoms with Gasteiger partial charge in [-0.15, -0.1) is 0 Å². The molecule has 0 spiro atoms. The molecule has 0 aliphatic carbocycles. The number of nitrogens with one attached hydrogen (secondary N) is 1. The monoisotopic (exact) mass is 371 g/mol. The van der Waals surface area contributed by atoms with Crippen LogP contribution in [0.15, 0.2) is 29.3 Å². The molecule has 7 heteroatoms. The zero-order chi connectivity index (χ0) is 19.3. The molecule has 1 atom stereocenters. The Morgan fingerprint density at radius 2 is 2.00 bits per heavy atom. The lowest BCUT2D eigenvalue weighted by Gasteiger charge is -2.16. The molecule has 0 aliphatic rings. The predicted octanol–water partition coefficient (Wildman–Crippen LogP) is 3.71. The summed E-state index contributed by atoms with van der Waals surface area (Å²) in [5.41, 5.74) is 2.69. The smallest absolute Gasteiger partial charge is 0.237 e. The van der Waals surface area contributed by atoms with Crippen LogP contribution in [-0.2, 0) is 4.79 Å². The fraction of sp³-hybridized carbons (Fsp3) is 0.316. The van der Waals surface area contributed by atoms with Crippen molar-refractivity contribution in [3.63, 3.8) is 0 Å². The lowest BCUT2D eigenvalue weighted by Crippen LogP contribution is -2.23. The number of ether oxygens (including phenoxy) is 2. The van der Waals surface area contributed by atoms with Crippen molar-refractivity contribution in [2.24, 2.45) is 0 Å². The van der Waals surface area contributed by atoms with Gasteiger partial charge in [0.05, 0.1) is 30.7 Å². The van der Waals surface area contributed by atoms with Gasteiger partial charge in [-0.05, 0) is 44.5 Å². The molecule has 26 heavy (non-hydrogen) atoms. The van der Waals surface area contributed by atoms with Gasteiger partial charge in [-0.1, -0.05) is 11.8 Å². The van der Waals surface area contributed by atoms with E-state index in [-0.39, 0.29) is 5.91 Å². The van der Waals surface area contributed by atoms with Crippen LogP contribution < -0.4 is 14.8 Å². The Balaban J connectivity index is 2.20. The summed E-state index contributed by atoms with van der Waals surface area (Å²) in [5.74, 6) is 0.939. The van der Waals surface area contributed by atoms with Gasteiger partial charge in [0, 0.05) is 11.8 Å².